The van der Waals surface area contributed by atoms with E-state index < -0.39 is 0 Å². The van der Waals surface area contributed by atoms with Crippen molar-refractivity contribution in [3.05, 3.63) is 88.7 Å². The molecule has 0 amide bonds. The normalized spacial score (nSPS) is 12.3. The van der Waals surface area contributed by atoms with Crippen LogP contribution in [0.1, 0.15) is 60.6 Å². The molecule has 0 aliphatic heterocycles. The Morgan fingerprint density at radius 1 is 1.00 bits per heavy atom. The molecule has 3 aromatic rings. The van der Waals surface area contributed by atoms with E-state index in [0.717, 1.165) is 43.4 Å². The Balaban J connectivity index is 1.79. The van der Waals surface area contributed by atoms with Crippen LogP contribution in [0.25, 0.3) is 0 Å². The zero-order valence-electron chi connectivity index (χ0n) is 16.8. The molecule has 2 aromatic carbocycles. The average molecular weight is 362 g/mol. The molecule has 0 bridgehead atoms. The van der Waals surface area contributed by atoms with Crippen LogP contribution in [0, 0.1) is 6.92 Å². The molecule has 0 aliphatic rings. The van der Waals surface area contributed by atoms with Crippen LogP contribution < -0.4 is 0 Å². The number of hydrogen-bond acceptors (Lipinski definition) is 1. The zero-order valence-corrected chi connectivity index (χ0v) is 16.8. The van der Waals surface area contributed by atoms with Gasteiger partial charge in [0.15, 0.2) is 0 Å². The van der Waals surface area contributed by atoms with Crippen LogP contribution in [0.3, 0.4) is 0 Å². The van der Waals surface area contributed by atoms with Gasteiger partial charge in [0, 0.05) is 24.4 Å². The highest BCUT2D eigenvalue weighted by Crippen LogP contribution is 2.33. The van der Waals surface area contributed by atoms with Crippen molar-refractivity contribution in [3.63, 3.8) is 0 Å². The van der Waals surface area contributed by atoms with Gasteiger partial charge in [-0.1, -0.05) is 56.3 Å². The number of benzene rings is 2. The standard InChI is InChI=1S/C25H31NO/c1-4-21-18-22(17-19(3)25(21)27)23(5-2)24-14-10-16-26(24)15-9-13-20-11-7-6-8-12-20/h6-8,10-12,14,16-18,23,27H,4-5,9,13,15H2,1-3H3. The molecule has 3 rings (SSSR count). The molecule has 1 unspecified atom stereocenters. The van der Waals surface area contributed by atoms with Gasteiger partial charge in [-0.3, -0.25) is 0 Å². The third kappa shape index (κ3) is 4.44. The van der Waals surface area contributed by atoms with Gasteiger partial charge in [0.2, 0.25) is 0 Å². The molecule has 0 aliphatic carbocycles. The molecule has 0 saturated carbocycles. The molecule has 0 spiro atoms. The van der Waals surface area contributed by atoms with E-state index in [0.29, 0.717) is 11.7 Å². The Morgan fingerprint density at radius 2 is 1.78 bits per heavy atom. The first-order chi connectivity index (χ1) is 13.1. The van der Waals surface area contributed by atoms with Crippen molar-refractivity contribution in [3.8, 4) is 5.75 Å². The number of aromatic hydroxyl groups is 1. The summed E-state index contributed by atoms with van der Waals surface area (Å²) in [5.41, 5.74) is 6.11. The molecule has 2 nitrogen and oxygen atoms in total. The molecule has 142 valence electrons. The minimum atomic E-state index is 0.362. The molecule has 1 atom stereocenters. The Bertz CT molecular complexity index is 863. The van der Waals surface area contributed by atoms with E-state index in [9.17, 15) is 5.11 Å². The lowest BCUT2D eigenvalue weighted by Crippen LogP contribution is -2.10. The Hall–Kier alpha value is -2.48. The lowest BCUT2D eigenvalue weighted by atomic mass is 9.89. The van der Waals surface area contributed by atoms with Crippen molar-refractivity contribution >= 4 is 0 Å². The lowest BCUT2D eigenvalue weighted by Gasteiger charge is -2.21. The minimum absolute atomic E-state index is 0.362. The third-order valence-electron chi connectivity index (χ3n) is 5.52. The smallest absolute Gasteiger partial charge is 0.121 e. The molecule has 1 heterocycles. The molecule has 0 radical (unpaired) electrons. The van der Waals surface area contributed by atoms with Crippen LogP contribution in [-0.2, 0) is 19.4 Å². The number of aryl methyl sites for hydroxylation is 4. The van der Waals surface area contributed by atoms with E-state index in [1.54, 1.807) is 0 Å². The van der Waals surface area contributed by atoms with E-state index >= 15 is 0 Å². The van der Waals surface area contributed by atoms with Crippen molar-refractivity contribution in [2.45, 2.75) is 58.9 Å². The second kappa shape index (κ2) is 8.94. The Morgan fingerprint density at radius 3 is 2.48 bits per heavy atom. The maximum absolute atomic E-state index is 10.3. The summed E-state index contributed by atoms with van der Waals surface area (Å²) in [7, 11) is 0. The Labute approximate surface area is 163 Å². The first kappa shape index (κ1) is 19.3. The topological polar surface area (TPSA) is 25.2 Å². The number of rotatable bonds is 8. The van der Waals surface area contributed by atoms with Gasteiger partial charge in [-0.25, -0.2) is 0 Å². The predicted molar refractivity (Wildman–Crippen MR) is 114 cm³/mol. The molecule has 0 fully saturated rings. The fourth-order valence-corrected chi connectivity index (χ4v) is 4.01. The maximum atomic E-state index is 10.3. The van der Waals surface area contributed by atoms with Crippen molar-refractivity contribution < 1.29 is 5.11 Å². The van der Waals surface area contributed by atoms with Gasteiger partial charge in [0.25, 0.3) is 0 Å². The number of phenols is 1. The summed E-state index contributed by atoms with van der Waals surface area (Å²) >= 11 is 0. The van der Waals surface area contributed by atoms with Crippen LogP contribution in [0.2, 0.25) is 0 Å². The molecule has 1 N–H and O–H groups in total. The van der Waals surface area contributed by atoms with Gasteiger partial charge < -0.3 is 9.67 Å². The lowest BCUT2D eigenvalue weighted by molar-refractivity contribution is 0.464. The quantitative estimate of drug-likeness (QED) is 0.505. The van der Waals surface area contributed by atoms with E-state index in [4.69, 9.17) is 0 Å². The highest BCUT2D eigenvalue weighted by atomic mass is 16.3. The Kier molecular flexibility index (Phi) is 6.39. The van der Waals surface area contributed by atoms with Crippen molar-refractivity contribution in [2.24, 2.45) is 0 Å². The van der Waals surface area contributed by atoms with E-state index in [1.807, 2.05) is 6.92 Å². The van der Waals surface area contributed by atoms with Crippen LogP contribution in [-0.4, -0.2) is 9.67 Å². The first-order valence-electron chi connectivity index (χ1n) is 10.1. The van der Waals surface area contributed by atoms with Gasteiger partial charge in [-0.15, -0.1) is 0 Å². The predicted octanol–water partition coefficient (Wildman–Crippen LogP) is 6.24. The van der Waals surface area contributed by atoms with Gasteiger partial charge in [-0.2, -0.15) is 0 Å². The second-order valence-electron chi connectivity index (χ2n) is 7.38. The van der Waals surface area contributed by atoms with Gasteiger partial charge in [0.1, 0.15) is 5.75 Å². The van der Waals surface area contributed by atoms with Crippen molar-refractivity contribution in [1.29, 1.82) is 0 Å². The summed E-state index contributed by atoms with van der Waals surface area (Å²) in [5.74, 6) is 0.815. The summed E-state index contributed by atoms with van der Waals surface area (Å²) in [4.78, 5) is 0. The minimum Gasteiger partial charge on any atom is -0.507 e. The summed E-state index contributed by atoms with van der Waals surface area (Å²) in [6.07, 6.45) is 6.35. The summed E-state index contributed by atoms with van der Waals surface area (Å²) < 4.78 is 2.41. The highest BCUT2D eigenvalue weighted by Gasteiger charge is 2.18. The SMILES string of the molecule is CCc1cc(C(CC)c2cccn2CCCc2ccccc2)cc(C)c1O. The van der Waals surface area contributed by atoms with Crippen LogP contribution >= 0.6 is 0 Å². The molecule has 1 aromatic heterocycles. The number of nitrogens with zero attached hydrogens (tertiary/aromatic N) is 1. The number of aromatic nitrogens is 1. The van der Waals surface area contributed by atoms with Gasteiger partial charge >= 0.3 is 0 Å². The van der Waals surface area contributed by atoms with E-state index in [-0.39, 0.29) is 0 Å². The summed E-state index contributed by atoms with van der Waals surface area (Å²) in [6.45, 7) is 7.39. The summed E-state index contributed by atoms with van der Waals surface area (Å²) in [6, 6.07) is 19.5. The highest BCUT2D eigenvalue weighted by molar-refractivity contribution is 5.45. The fraction of sp³-hybridized carbons (Fsp3) is 0.360. The van der Waals surface area contributed by atoms with Crippen LogP contribution in [0.15, 0.2) is 60.8 Å². The van der Waals surface area contributed by atoms with E-state index in [2.05, 4.69) is 79.2 Å². The third-order valence-corrected chi connectivity index (χ3v) is 5.52. The monoisotopic (exact) mass is 361 g/mol. The zero-order chi connectivity index (χ0) is 19.2. The number of hydrogen-bond donors (Lipinski definition) is 1. The molecule has 27 heavy (non-hydrogen) atoms. The molecular weight excluding hydrogens is 330 g/mol. The van der Waals surface area contributed by atoms with Crippen LogP contribution in [0.5, 0.6) is 5.75 Å². The summed E-state index contributed by atoms with van der Waals surface area (Å²) in [5, 5.41) is 10.3. The molecule has 2 heteroatoms. The average Bonchev–Trinajstić information content (AvgIpc) is 3.14. The maximum Gasteiger partial charge on any atom is 0.121 e. The molecule has 0 saturated heterocycles. The second-order valence-corrected chi connectivity index (χ2v) is 7.38. The largest absolute Gasteiger partial charge is 0.507 e. The van der Waals surface area contributed by atoms with Crippen LogP contribution in [0.4, 0.5) is 0 Å². The molecular formula is C25H31NO. The van der Waals surface area contributed by atoms with Gasteiger partial charge in [0.05, 0.1) is 0 Å². The van der Waals surface area contributed by atoms with Crippen molar-refractivity contribution in [1.82, 2.24) is 4.57 Å². The fourth-order valence-electron chi connectivity index (χ4n) is 4.01. The van der Waals surface area contributed by atoms with E-state index in [1.165, 1.54) is 16.8 Å². The number of phenolic OH excluding ortho intramolecular Hbond substituents is 1. The van der Waals surface area contributed by atoms with Gasteiger partial charge in [-0.05, 0) is 67.0 Å². The first-order valence-corrected chi connectivity index (χ1v) is 10.1. The van der Waals surface area contributed by atoms with Crippen molar-refractivity contribution in [2.75, 3.05) is 0 Å².